The van der Waals surface area contributed by atoms with Crippen molar-refractivity contribution in [2.45, 2.75) is 6.10 Å². The molecule has 0 spiro atoms. The van der Waals surface area contributed by atoms with E-state index in [1.807, 2.05) is 5.38 Å². The lowest BCUT2D eigenvalue weighted by atomic mass is 10.4. The lowest BCUT2D eigenvalue weighted by molar-refractivity contribution is 0.114. The van der Waals surface area contributed by atoms with Crippen molar-refractivity contribution in [2.75, 3.05) is 12.4 Å². The Bertz CT molecular complexity index is 173. The summed E-state index contributed by atoms with van der Waals surface area (Å²) in [6.45, 7) is -0.191. The number of thiol groups is 1. The Morgan fingerprint density at radius 1 is 1.58 bits per heavy atom. The molecule has 1 aromatic heterocycles. The molecular formula is C7H12O3S2. The first-order valence-electron chi connectivity index (χ1n) is 3.31. The summed E-state index contributed by atoms with van der Waals surface area (Å²) in [7, 11) is 0. The van der Waals surface area contributed by atoms with Crippen LogP contribution in [0.4, 0.5) is 0 Å². The third-order valence-corrected chi connectivity index (χ3v) is 2.02. The first-order chi connectivity index (χ1) is 5.70. The lowest BCUT2D eigenvalue weighted by Crippen LogP contribution is -2.12. The maximum Gasteiger partial charge on any atom is 0.126 e. The van der Waals surface area contributed by atoms with Gasteiger partial charge < -0.3 is 15.3 Å². The Morgan fingerprint density at radius 2 is 2.25 bits per heavy atom. The van der Waals surface area contributed by atoms with E-state index >= 15 is 0 Å². The number of hydrogen-bond acceptors (Lipinski definition) is 5. The van der Waals surface area contributed by atoms with Gasteiger partial charge in [0.05, 0.1) is 12.7 Å². The van der Waals surface area contributed by atoms with E-state index in [2.05, 4.69) is 12.6 Å². The predicted octanol–water partition coefficient (Wildman–Crippen LogP) is 0.723. The number of thiophene rings is 1. The fraction of sp³-hybridized carbons (Fsp3) is 0.429. The highest BCUT2D eigenvalue weighted by Crippen LogP contribution is 2.10. The molecule has 0 aliphatic carbocycles. The molecule has 3 N–H and O–H groups in total. The predicted molar refractivity (Wildman–Crippen MR) is 52.9 cm³/mol. The molecule has 5 heteroatoms. The third kappa shape index (κ3) is 6.48. The maximum atomic E-state index is 8.48. The summed E-state index contributed by atoms with van der Waals surface area (Å²) in [5, 5.41) is 28.4. The van der Waals surface area contributed by atoms with Crippen LogP contribution in [0.15, 0.2) is 16.8 Å². The van der Waals surface area contributed by atoms with Crippen LogP contribution in [-0.2, 0) is 0 Å². The molecule has 0 radical (unpaired) electrons. The summed E-state index contributed by atoms with van der Waals surface area (Å²) in [5.74, 6) is 0.691. The minimum atomic E-state index is -0.645. The Hall–Kier alpha value is -0.230. The summed E-state index contributed by atoms with van der Waals surface area (Å²) >= 11 is 5.18. The van der Waals surface area contributed by atoms with E-state index in [4.69, 9.17) is 15.3 Å². The van der Waals surface area contributed by atoms with Gasteiger partial charge in [-0.2, -0.15) is 12.6 Å². The van der Waals surface area contributed by atoms with Gasteiger partial charge in [-0.15, -0.1) is 11.3 Å². The summed E-state index contributed by atoms with van der Waals surface area (Å²) in [6, 6.07) is 1.66. The van der Waals surface area contributed by atoms with E-state index in [0.29, 0.717) is 11.5 Å². The van der Waals surface area contributed by atoms with E-state index < -0.39 is 6.10 Å². The van der Waals surface area contributed by atoms with Crippen LogP contribution in [0.1, 0.15) is 0 Å². The summed E-state index contributed by atoms with van der Waals surface area (Å²) in [6.07, 6.45) is -0.645. The van der Waals surface area contributed by atoms with Crippen LogP contribution in [0, 0.1) is 0 Å². The van der Waals surface area contributed by atoms with Gasteiger partial charge in [0.15, 0.2) is 0 Å². The molecule has 0 fully saturated rings. The highest BCUT2D eigenvalue weighted by atomic mass is 32.1. The second kappa shape index (κ2) is 7.42. The third-order valence-electron chi connectivity index (χ3n) is 0.928. The highest BCUT2D eigenvalue weighted by Gasteiger charge is 1.92. The van der Waals surface area contributed by atoms with Crippen molar-refractivity contribution in [3.05, 3.63) is 16.8 Å². The zero-order valence-electron chi connectivity index (χ0n) is 6.42. The van der Waals surface area contributed by atoms with Crippen LogP contribution in [0.3, 0.4) is 0 Å². The Balaban J connectivity index is 0.000000202. The van der Waals surface area contributed by atoms with Gasteiger partial charge in [-0.1, -0.05) is 0 Å². The van der Waals surface area contributed by atoms with Crippen molar-refractivity contribution in [1.29, 1.82) is 0 Å². The van der Waals surface area contributed by atoms with E-state index in [0.717, 1.165) is 0 Å². The van der Waals surface area contributed by atoms with Gasteiger partial charge in [0, 0.05) is 11.1 Å². The van der Waals surface area contributed by atoms with Crippen molar-refractivity contribution in [1.82, 2.24) is 0 Å². The number of aliphatic hydroxyl groups excluding tert-OH is 2. The molecule has 0 aromatic carbocycles. The molecule has 12 heavy (non-hydrogen) atoms. The molecular weight excluding hydrogens is 196 g/mol. The van der Waals surface area contributed by atoms with Crippen molar-refractivity contribution in [3.8, 4) is 5.75 Å². The molecule has 0 saturated heterocycles. The first-order valence-corrected chi connectivity index (χ1v) is 4.89. The molecule has 0 aliphatic rings. The summed E-state index contributed by atoms with van der Waals surface area (Å²) < 4.78 is 0. The van der Waals surface area contributed by atoms with Crippen LogP contribution >= 0.6 is 24.0 Å². The largest absolute Gasteiger partial charge is 0.507 e. The van der Waals surface area contributed by atoms with Gasteiger partial charge in [0.2, 0.25) is 0 Å². The Morgan fingerprint density at radius 3 is 2.33 bits per heavy atom. The molecule has 70 valence electrons. The fourth-order valence-corrected chi connectivity index (χ4v) is 0.945. The highest BCUT2D eigenvalue weighted by molar-refractivity contribution is 7.80. The minimum Gasteiger partial charge on any atom is -0.507 e. The minimum absolute atomic E-state index is 0.191. The number of rotatable bonds is 2. The zero-order valence-corrected chi connectivity index (χ0v) is 8.13. The van der Waals surface area contributed by atoms with E-state index in [1.165, 1.54) is 11.3 Å². The average Bonchev–Trinajstić information content (AvgIpc) is 2.55. The lowest BCUT2D eigenvalue weighted by Gasteiger charge is -1.96. The molecule has 0 saturated carbocycles. The molecule has 1 heterocycles. The standard InChI is InChI=1S/C4H4OS.C3H8O2S/c5-4-1-2-6-3-4;4-1-3(5)2-6/h1-3,5H;3-6H,1-2H2. The summed E-state index contributed by atoms with van der Waals surface area (Å²) in [5.41, 5.74) is 0. The number of aromatic hydroxyl groups is 1. The molecule has 0 bridgehead atoms. The number of hydrogen-bond donors (Lipinski definition) is 4. The number of aliphatic hydroxyl groups is 2. The molecule has 1 aromatic rings. The van der Waals surface area contributed by atoms with Gasteiger partial charge in [0.1, 0.15) is 5.75 Å². The van der Waals surface area contributed by atoms with Crippen LogP contribution in [0.5, 0.6) is 5.75 Å². The van der Waals surface area contributed by atoms with Crippen LogP contribution in [0.25, 0.3) is 0 Å². The van der Waals surface area contributed by atoms with E-state index in [9.17, 15) is 0 Å². The average molecular weight is 208 g/mol. The first kappa shape index (κ1) is 11.8. The normalized spacial score (nSPS) is 11.6. The van der Waals surface area contributed by atoms with Crippen LogP contribution in [-0.4, -0.2) is 33.8 Å². The molecule has 0 amide bonds. The van der Waals surface area contributed by atoms with Gasteiger partial charge in [-0.05, 0) is 11.4 Å². The van der Waals surface area contributed by atoms with Crippen molar-refractivity contribution < 1.29 is 15.3 Å². The van der Waals surface area contributed by atoms with Crippen LogP contribution < -0.4 is 0 Å². The Labute approximate surface area is 80.7 Å². The Kier molecular flexibility index (Phi) is 7.28. The summed E-state index contributed by atoms with van der Waals surface area (Å²) in [4.78, 5) is 0. The van der Waals surface area contributed by atoms with E-state index in [-0.39, 0.29) is 6.61 Å². The van der Waals surface area contributed by atoms with Crippen molar-refractivity contribution in [3.63, 3.8) is 0 Å². The second-order valence-electron chi connectivity index (χ2n) is 2.00. The second-order valence-corrected chi connectivity index (χ2v) is 3.15. The molecule has 1 atom stereocenters. The van der Waals surface area contributed by atoms with Gasteiger partial charge in [0.25, 0.3) is 0 Å². The molecule has 1 rings (SSSR count). The van der Waals surface area contributed by atoms with Gasteiger partial charge in [-0.25, -0.2) is 0 Å². The van der Waals surface area contributed by atoms with Gasteiger partial charge in [-0.3, -0.25) is 0 Å². The zero-order chi connectivity index (χ0) is 9.40. The van der Waals surface area contributed by atoms with Gasteiger partial charge >= 0.3 is 0 Å². The van der Waals surface area contributed by atoms with Crippen molar-refractivity contribution in [2.24, 2.45) is 0 Å². The quantitative estimate of drug-likeness (QED) is 0.542. The fourth-order valence-electron chi connectivity index (χ4n) is 0.315. The van der Waals surface area contributed by atoms with Crippen LogP contribution in [0.2, 0.25) is 0 Å². The monoisotopic (exact) mass is 208 g/mol. The van der Waals surface area contributed by atoms with E-state index in [1.54, 1.807) is 11.4 Å². The van der Waals surface area contributed by atoms with Crippen molar-refractivity contribution >= 4 is 24.0 Å². The molecule has 1 unspecified atom stereocenters. The smallest absolute Gasteiger partial charge is 0.126 e. The SMILES string of the molecule is OCC(O)CS.Oc1ccsc1. The maximum absolute atomic E-state index is 8.48. The molecule has 0 aliphatic heterocycles. The topological polar surface area (TPSA) is 60.7 Å². The molecule has 3 nitrogen and oxygen atoms in total.